The molecular formula is C23H17F3N6O2. The molecule has 3 aliphatic rings. The predicted molar refractivity (Wildman–Crippen MR) is 119 cm³/mol. The number of hydrogen-bond donors (Lipinski definition) is 2. The van der Waals surface area contributed by atoms with Crippen molar-refractivity contribution >= 4 is 17.4 Å². The highest BCUT2D eigenvalue weighted by molar-refractivity contribution is 6.03. The smallest absolute Gasteiger partial charge is 0.369 e. The molecule has 2 aromatic rings. The lowest BCUT2D eigenvalue weighted by atomic mass is 9.98. The van der Waals surface area contributed by atoms with Gasteiger partial charge in [-0.2, -0.15) is 23.1 Å². The maximum Gasteiger partial charge on any atom is 0.416 e. The van der Waals surface area contributed by atoms with Gasteiger partial charge < -0.3 is 15.2 Å². The summed E-state index contributed by atoms with van der Waals surface area (Å²) in [6.45, 7) is 3.18. The van der Waals surface area contributed by atoms with Gasteiger partial charge in [0.1, 0.15) is 17.3 Å². The molecule has 1 amide bonds. The summed E-state index contributed by atoms with van der Waals surface area (Å²) in [5.41, 5.74) is 1.75. The van der Waals surface area contributed by atoms with Crippen LogP contribution in [0.1, 0.15) is 21.6 Å². The number of aromatic nitrogens is 4. The number of aryl methyl sites for hydroxylation is 1. The largest absolute Gasteiger partial charge is 0.416 e. The van der Waals surface area contributed by atoms with Crippen LogP contribution >= 0.6 is 0 Å². The van der Waals surface area contributed by atoms with Crippen LogP contribution in [0.3, 0.4) is 0 Å². The van der Waals surface area contributed by atoms with E-state index in [0.29, 0.717) is 36.2 Å². The fourth-order valence-electron chi connectivity index (χ4n) is 3.98. The molecule has 11 heteroatoms. The predicted octanol–water partition coefficient (Wildman–Crippen LogP) is 3.81. The molecule has 0 aliphatic carbocycles. The third kappa shape index (κ3) is 3.85. The molecule has 0 spiro atoms. The Labute approximate surface area is 190 Å². The Morgan fingerprint density at radius 3 is 2.74 bits per heavy atom. The minimum atomic E-state index is -4.58. The summed E-state index contributed by atoms with van der Waals surface area (Å²) in [5.74, 6) is 0.548. The number of anilines is 2. The van der Waals surface area contributed by atoms with Crippen molar-refractivity contribution in [3.05, 3.63) is 76.1 Å². The topological polar surface area (TPSA) is 102 Å². The van der Waals surface area contributed by atoms with Crippen LogP contribution < -0.4 is 16.3 Å². The average molecular weight is 466 g/mol. The van der Waals surface area contributed by atoms with Crippen molar-refractivity contribution in [3.63, 3.8) is 0 Å². The zero-order chi connectivity index (χ0) is 24.0. The number of fused-ring (bicyclic) bond motifs is 3. The van der Waals surface area contributed by atoms with E-state index in [4.69, 9.17) is 0 Å². The van der Waals surface area contributed by atoms with Gasteiger partial charge in [0.05, 0.1) is 5.56 Å². The van der Waals surface area contributed by atoms with E-state index in [2.05, 4.69) is 25.6 Å². The maximum absolute atomic E-state index is 13.0. The molecule has 3 aliphatic heterocycles. The Balaban J connectivity index is 1.53. The van der Waals surface area contributed by atoms with Crippen LogP contribution in [0, 0.1) is 6.92 Å². The SMILES string of the molecule is Cc1ccc(NC(=O)c2cc(C(F)(F)F)ccn2)cc1-c1cc2cnc(=O)nc-2n2c1NCC2. The normalized spacial score (nSPS) is 12.9. The van der Waals surface area contributed by atoms with Crippen LogP contribution in [0.15, 0.2) is 53.6 Å². The number of amides is 1. The monoisotopic (exact) mass is 466 g/mol. The van der Waals surface area contributed by atoms with E-state index in [0.717, 1.165) is 34.8 Å². The number of nitrogens with zero attached hydrogens (tertiary/aromatic N) is 4. The first-order chi connectivity index (χ1) is 16.2. The van der Waals surface area contributed by atoms with Crippen molar-refractivity contribution in [2.24, 2.45) is 0 Å². The van der Waals surface area contributed by atoms with Gasteiger partial charge in [-0.15, -0.1) is 0 Å². The molecule has 2 N–H and O–H groups in total. The van der Waals surface area contributed by atoms with E-state index < -0.39 is 23.3 Å². The van der Waals surface area contributed by atoms with Crippen molar-refractivity contribution in [2.75, 3.05) is 17.2 Å². The molecule has 0 fully saturated rings. The zero-order valence-electron chi connectivity index (χ0n) is 17.8. The summed E-state index contributed by atoms with van der Waals surface area (Å²) in [6, 6.07) is 8.60. The van der Waals surface area contributed by atoms with E-state index >= 15 is 0 Å². The highest BCUT2D eigenvalue weighted by atomic mass is 19.4. The van der Waals surface area contributed by atoms with Gasteiger partial charge >= 0.3 is 11.9 Å². The van der Waals surface area contributed by atoms with Gasteiger partial charge in [-0.25, -0.2) is 4.79 Å². The Morgan fingerprint density at radius 2 is 1.94 bits per heavy atom. The second-order valence-electron chi connectivity index (χ2n) is 7.83. The standard InChI is InChI=1S/C23H17F3N6O2/c1-12-2-3-15(30-21(33)18-9-14(4-5-27-18)23(24,25)26)10-16(12)17-8-13-11-29-22(34)31-19(13)32-7-6-28-20(17)32/h2-5,8-11,28H,6-7H2,1H3,(H,30,33). The molecule has 1 aromatic carbocycles. The van der Waals surface area contributed by atoms with Gasteiger partial charge in [0.25, 0.3) is 5.91 Å². The van der Waals surface area contributed by atoms with Crippen molar-refractivity contribution in [1.82, 2.24) is 19.5 Å². The van der Waals surface area contributed by atoms with Crippen molar-refractivity contribution in [1.29, 1.82) is 0 Å². The number of alkyl halides is 3. The molecule has 0 bridgehead atoms. The van der Waals surface area contributed by atoms with Gasteiger partial charge in [0.2, 0.25) is 0 Å². The number of hydrogen-bond acceptors (Lipinski definition) is 6. The van der Waals surface area contributed by atoms with Crippen LogP contribution in [-0.4, -0.2) is 32.0 Å². The molecule has 172 valence electrons. The lowest BCUT2D eigenvalue weighted by molar-refractivity contribution is -0.137. The molecule has 34 heavy (non-hydrogen) atoms. The molecule has 8 nitrogen and oxygen atoms in total. The molecule has 0 saturated heterocycles. The second kappa shape index (κ2) is 7.94. The Morgan fingerprint density at radius 1 is 1.12 bits per heavy atom. The fourth-order valence-corrected chi connectivity index (χ4v) is 3.98. The summed E-state index contributed by atoms with van der Waals surface area (Å²) in [6.07, 6.45) is -2.15. The van der Waals surface area contributed by atoms with E-state index in [9.17, 15) is 22.8 Å². The maximum atomic E-state index is 13.0. The number of carbonyl (C=O) groups is 1. The van der Waals surface area contributed by atoms with Gasteiger partial charge in [0, 0.05) is 42.3 Å². The highest BCUT2D eigenvalue weighted by Gasteiger charge is 2.31. The summed E-state index contributed by atoms with van der Waals surface area (Å²) < 4.78 is 40.9. The molecule has 1 aromatic heterocycles. The molecule has 0 saturated carbocycles. The van der Waals surface area contributed by atoms with E-state index in [-0.39, 0.29) is 5.69 Å². The second-order valence-corrected chi connectivity index (χ2v) is 7.83. The van der Waals surface area contributed by atoms with Crippen LogP contribution in [-0.2, 0) is 12.7 Å². The third-order valence-corrected chi connectivity index (χ3v) is 5.59. The van der Waals surface area contributed by atoms with Crippen molar-refractivity contribution in [3.8, 4) is 22.5 Å². The number of carbonyl (C=O) groups excluding carboxylic acids is 1. The molecule has 0 radical (unpaired) electrons. The fraction of sp³-hybridized carbons (Fsp3) is 0.174. The number of benzene rings is 1. The first-order valence-corrected chi connectivity index (χ1v) is 10.3. The Hall–Kier alpha value is -4.28. The van der Waals surface area contributed by atoms with E-state index in [1.54, 1.807) is 18.2 Å². The van der Waals surface area contributed by atoms with Gasteiger partial charge in [-0.1, -0.05) is 6.07 Å². The van der Waals surface area contributed by atoms with Crippen LogP contribution in [0.4, 0.5) is 24.7 Å². The van der Waals surface area contributed by atoms with Gasteiger partial charge in [-0.3, -0.25) is 9.78 Å². The summed E-state index contributed by atoms with van der Waals surface area (Å²) >= 11 is 0. The molecule has 4 heterocycles. The minimum Gasteiger partial charge on any atom is -0.369 e. The molecular weight excluding hydrogens is 449 g/mol. The summed E-state index contributed by atoms with van der Waals surface area (Å²) in [7, 11) is 0. The third-order valence-electron chi connectivity index (χ3n) is 5.59. The van der Waals surface area contributed by atoms with Crippen LogP contribution in [0.5, 0.6) is 0 Å². The Bertz CT molecular complexity index is 1460. The number of pyridine rings is 2. The summed E-state index contributed by atoms with van der Waals surface area (Å²) in [5, 5.41) is 5.93. The highest BCUT2D eigenvalue weighted by Crippen LogP contribution is 2.39. The van der Waals surface area contributed by atoms with Gasteiger partial charge in [-0.05, 0) is 48.4 Å². The molecule has 0 atom stereocenters. The lowest BCUT2D eigenvalue weighted by Gasteiger charge is -2.18. The lowest BCUT2D eigenvalue weighted by Crippen LogP contribution is -2.16. The number of halogens is 3. The zero-order valence-corrected chi connectivity index (χ0v) is 17.8. The summed E-state index contributed by atoms with van der Waals surface area (Å²) in [4.78, 5) is 35.8. The van der Waals surface area contributed by atoms with Crippen LogP contribution in [0.2, 0.25) is 0 Å². The first kappa shape index (κ1) is 21.6. The van der Waals surface area contributed by atoms with E-state index in [1.165, 1.54) is 6.20 Å². The van der Waals surface area contributed by atoms with Gasteiger partial charge in [0.15, 0.2) is 0 Å². The minimum absolute atomic E-state index is 0.341. The van der Waals surface area contributed by atoms with E-state index in [1.807, 2.05) is 17.6 Å². The van der Waals surface area contributed by atoms with Crippen LogP contribution in [0.25, 0.3) is 22.5 Å². The Kier molecular flexibility index (Phi) is 5.03. The van der Waals surface area contributed by atoms with Crippen molar-refractivity contribution in [2.45, 2.75) is 19.6 Å². The van der Waals surface area contributed by atoms with Crippen molar-refractivity contribution < 1.29 is 18.0 Å². The molecule has 5 rings (SSSR count). The molecule has 0 unspecified atom stereocenters. The number of nitrogens with one attached hydrogen (secondary N) is 2. The first-order valence-electron chi connectivity index (χ1n) is 10.3. The number of rotatable bonds is 3. The average Bonchev–Trinajstić information content (AvgIpc) is 3.30. The quantitative estimate of drug-likeness (QED) is 0.476.